The molecule has 2 aromatic heterocycles. The van der Waals surface area contributed by atoms with E-state index in [4.69, 9.17) is 28.6 Å². The molecule has 1 amide bonds. The number of ether oxygens (including phenoxy) is 1. The van der Waals surface area contributed by atoms with Crippen molar-refractivity contribution in [2.75, 3.05) is 42.9 Å². The minimum absolute atomic E-state index is 0.0570. The summed E-state index contributed by atoms with van der Waals surface area (Å²) in [6, 6.07) is 23.4. The molecule has 0 unspecified atom stereocenters. The molecule has 3 heterocycles. The molecule has 1 saturated heterocycles. The summed E-state index contributed by atoms with van der Waals surface area (Å²) in [5.41, 5.74) is 5.36. The van der Waals surface area contributed by atoms with E-state index in [9.17, 15) is 4.79 Å². The summed E-state index contributed by atoms with van der Waals surface area (Å²) in [5.74, 6) is -0.281. The van der Waals surface area contributed by atoms with Crippen LogP contribution in [-0.4, -0.2) is 48.4 Å². The molecule has 5 rings (SSSR count). The van der Waals surface area contributed by atoms with Gasteiger partial charge in [0.05, 0.1) is 22.4 Å². The normalized spacial score (nSPS) is 16.7. The number of thiocarbonyl (C=S) groups is 1. The number of hydrogen-bond acceptors (Lipinski definition) is 5. The highest BCUT2D eigenvalue weighted by molar-refractivity contribution is 7.80. The molecule has 39 heavy (non-hydrogen) atoms. The van der Waals surface area contributed by atoms with Crippen molar-refractivity contribution in [2.24, 2.45) is 0 Å². The lowest BCUT2D eigenvalue weighted by molar-refractivity contribution is -0.119. The Morgan fingerprint density at radius 3 is 2.54 bits per heavy atom. The number of carbonyl (C=O) groups excluding carboxylic acids is 1. The third-order valence-electron chi connectivity index (χ3n) is 6.61. The van der Waals surface area contributed by atoms with E-state index < -0.39 is 0 Å². The van der Waals surface area contributed by atoms with Crippen LogP contribution in [0.2, 0.25) is 5.02 Å². The van der Waals surface area contributed by atoms with Crippen molar-refractivity contribution in [3.63, 3.8) is 0 Å². The number of anilines is 3. The molecule has 200 valence electrons. The van der Waals surface area contributed by atoms with Crippen molar-refractivity contribution in [3.05, 3.63) is 102 Å². The number of methoxy groups -OCH3 is 1. The van der Waals surface area contributed by atoms with E-state index in [1.54, 1.807) is 12.3 Å². The number of halogens is 1. The third-order valence-corrected chi connectivity index (χ3v) is 7.23. The monoisotopic (exact) mass is 560 g/mol. The molecular formula is C29H29ClN6O2S. The zero-order valence-corrected chi connectivity index (χ0v) is 23.4. The maximum atomic E-state index is 12.0. The Morgan fingerprint density at radius 2 is 1.87 bits per heavy atom. The van der Waals surface area contributed by atoms with Gasteiger partial charge in [-0.05, 0) is 78.9 Å². The molecule has 1 aliphatic heterocycles. The van der Waals surface area contributed by atoms with Crippen molar-refractivity contribution >= 4 is 51.9 Å². The van der Waals surface area contributed by atoms with E-state index in [1.807, 2.05) is 50.5 Å². The number of carbonyl (C=O) groups is 1. The minimum atomic E-state index is -0.281. The SMILES string of the molecule is COCC(=O)Nc1ccc(N2C(=S)N[C@H](c3ccccn3)[C@H]2c2cccn2-c2ccc(N(C)C)cc2)cc1Cl. The quantitative estimate of drug-likeness (QED) is 0.281. The highest BCUT2D eigenvalue weighted by atomic mass is 35.5. The number of nitrogens with zero attached hydrogens (tertiary/aromatic N) is 4. The molecule has 0 bridgehead atoms. The zero-order chi connectivity index (χ0) is 27.5. The molecule has 2 aromatic carbocycles. The first-order chi connectivity index (χ1) is 18.9. The van der Waals surface area contributed by atoms with Gasteiger partial charge in [0.1, 0.15) is 12.6 Å². The third kappa shape index (κ3) is 5.47. The lowest BCUT2D eigenvalue weighted by Crippen LogP contribution is -2.30. The first-order valence-corrected chi connectivity index (χ1v) is 13.2. The van der Waals surface area contributed by atoms with Crippen molar-refractivity contribution < 1.29 is 9.53 Å². The molecule has 0 aliphatic carbocycles. The fourth-order valence-corrected chi connectivity index (χ4v) is 5.36. The number of benzene rings is 2. The number of pyridine rings is 1. The van der Waals surface area contributed by atoms with Gasteiger partial charge in [-0.2, -0.15) is 0 Å². The van der Waals surface area contributed by atoms with Crippen LogP contribution in [0.1, 0.15) is 23.5 Å². The summed E-state index contributed by atoms with van der Waals surface area (Å²) < 4.78 is 7.08. The van der Waals surface area contributed by atoms with Gasteiger partial charge in [0, 0.05) is 56.4 Å². The Labute approximate surface area is 238 Å². The second kappa shape index (κ2) is 11.4. The number of hydrogen-bond donors (Lipinski definition) is 2. The van der Waals surface area contributed by atoms with Crippen molar-refractivity contribution in [2.45, 2.75) is 12.1 Å². The van der Waals surface area contributed by atoms with E-state index in [0.29, 0.717) is 15.8 Å². The van der Waals surface area contributed by atoms with E-state index in [1.165, 1.54) is 7.11 Å². The van der Waals surface area contributed by atoms with Crippen LogP contribution in [-0.2, 0) is 9.53 Å². The summed E-state index contributed by atoms with van der Waals surface area (Å²) in [7, 11) is 5.52. The summed E-state index contributed by atoms with van der Waals surface area (Å²) in [5, 5.41) is 7.22. The maximum absolute atomic E-state index is 12.0. The van der Waals surface area contributed by atoms with Crippen LogP contribution in [0.25, 0.3) is 5.69 Å². The Balaban J connectivity index is 1.57. The highest BCUT2D eigenvalue weighted by Gasteiger charge is 2.42. The topological polar surface area (TPSA) is 74.7 Å². The first-order valence-electron chi connectivity index (χ1n) is 12.4. The van der Waals surface area contributed by atoms with Crippen LogP contribution in [0.4, 0.5) is 17.1 Å². The first kappa shape index (κ1) is 26.7. The maximum Gasteiger partial charge on any atom is 0.250 e. The largest absolute Gasteiger partial charge is 0.378 e. The fraction of sp³-hybridized carbons (Fsp3) is 0.207. The van der Waals surface area contributed by atoms with Gasteiger partial charge in [0.15, 0.2) is 5.11 Å². The van der Waals surface area contributed by atoms with Gasteiger partial charge in [0.25, 0.3) is 0 Å². The predicted octanol–water partition coefficient (Wildman–Crippen LogP) is 5.35. The second-order valence-corrected chi connectivity index (χ2v) is 10.1. The van der Waals surface area contributed by atoms with Crippen LogP contribution in [0.15, 0.2) is 85.2 Å². The van der Waals surface area contributed by atoms with Crippen LogP contribution in [0.5, 0.6) is 0 Å². The second-order valence-electron chi connectivity index (χ2n) is 9.36. The molecule has 0 radical (unpaired) electrons. The van der Waals surface area contributed by atoms with Gasteiger partial charge in [0.2, 0.25) is 5.91 Å². The Morgan fingerprint density at radius 1 is 1.10 bits per heavy atom. The number of amides is 1. The molecule has 1 aliphatic rings. The van der Waals surface area contributed by atoms with Gasteiger partial charge >= 0.3 is 0 Å². The molecule has 2 atom stereocenters. The van der Waals surface area contributed by atoms with Crippen molar-refractivity contribution in [3.8, 4) is 5.69 Å². The minimum Gasteiger partial charge on any atom is -0.378 e. The van der Waals surface area contributed by atoms with Crippen molar-refractivity contribution in [1.82, 2.24) is 14.9 Å². The number of rotatable bonds is 8. The molecule has 1 fully saturated rings. The predicted molar refractivity (Wildman–Crippen MR) is 160 cm³/mol. The standard InChI is InChI=1S/C29H29ClN6O2S/c1-34(2)19-9-11-20(12-10-19)35-16-6-8-25(35)28-27(24-7-4-5-15-31-24)33-29(39)36(28)21-13-14-23(22(30)17-21)32-26(37)18-38-3/h4-17,27-28H,18H2,1-3H3,(H,32,37)(H,33,39)/t27-,28-/m1/s1. The summed E-state index contributed by atoms with van der Waals surface area (Å²) in [6.45, 7) is -0.0570. The Kier molecular flexibility index (Phi) is 7.83. The summed E-state index contributed by atoms with van der Waals surface area (Å²) in [6.07, 6.45) is 3.84. The molecular weight excluding hydrogens is 532 g/mol. The molecule has 0 spiro atoms. The number of aromatic nitrogens is 2. The molecule has 2 N–H and O–H groups in total. The average molecular weight is 561 g/mol. The molecule has 8 nitrogen and oxygen atoms in total. The highest BCUT2D eigenvalue weighted by Crippen LogP contribution is 2.43. The smallest absolute Gasteiger partial charge is 0.250 e. The van der Waals surface area contributed by atoms with E-state index in [-0.39, 0.29) is 24.6 Å². The molecule has 4 aromatic rings. The van der Waals surface area contributed by atoms with Crippen LogP contribution < -0.4 is 20.4 Å². The van der Waals surface area contributed by atoms with Gasteiger partial charge in [-0.1, -0.05) is 17.7 Å². The molecule has 10 heteroatoms. The summed E-state index contributed by atoms with van der Waals surface area (Å²) >= 11 is 12.5. The van der Waals surface area contributed by atoms with Crippen LogP contribution >= 0.6 is 23.8 Å². The zero-order valence-electron chi connectivity index (χ0n) is 21.8. The fourth-order valence-electron chi connectivity index (χ4n) is 4.79. The van der Waals surface area contributed by atoms with Gasteiger partial charge in [-0.15, -0.1) is 0 Å². The van der Waals surface area contributed by atoms with Crippen molar-refractivity contribution in [1.29, 1.82) is 0 Å². The Hall–Kier alpha value is -3.92. The number of nitrogens with one attached hydrogen (secondary N) is 2. The van der Waals surface area contributed by atoms with Crippen LogP contribution in [0.3, 0.4) is 0 Å². The average Bonchev–Trinajstić information content (AvgIpc) is 3.55. The molecule has 0 saturated carbocycles. The summed E-state index contributed by atoms with van der Waals surface area (Å²) in [4.78, 5) is 20.8. The Bertz CT molecular complexity index is 1470. The lowest BCUT2D eigenvalue weighted by Gasteiger charge is -2.29. The lowest BCUT2D eigenvalue weighted by atomic mass is 10.0. The van der Waals surface area contributed by atoms with Gasteiger partial charge in [-0.25, -0.2) is 0 Å². The van der Waals surface area contributed by atoms with Gasteiger partial charge in [-0.3, -0.25) is 9.78 Å². The van der Waals surface area contributed by atoms with E-state index in [0.717, 1.165) is 28.5 Å². The van der Waals surface area contributed by atoms with Gasteiger partial charge < -0.3 is 29.7 Å². The van der Waals surface area contributed by atoms with E-state index in [2.05, 4.69) is 66.5 Å². The van der Waals surface area contributed by atoms with Crippen LogP contribution in [0, 0.1) is 0 Å². The van der Waals surface area contributed by atoms with E-state index >= 15 is 0 Å².